The molecule has 0 saturated heterocycles. The van der Waals surface area contributed by atoms with Crippen molar-refractivity contribution in [1.29, 1.82) is 0 Å². The fourth-order valence-electron chi connectivity index (χ4n) is 2.84. The number of carbonyl (C=O) groups is 1. The number of aliphatic hydroxyl groups excluding tert-OH is 1. The van der Waals surface area contributed by atoms with Crippen LogP contribution in [0.3, 0.4) is 0 Å². The van der Waals surface area contributed by atoms with Gasteiger partial charge < -0.3 is 9.53 Å². The Morgan fingerprint density at radius 3 is 2.33 bits per heavy atom. The quantitative estimate of drug-likeness (QED) is 0.780. The third kappa shape index (κ3) is 4.90. The molecule has 124 valence electrons. The van der Waals surface area contributed by atoms with Gasteiger partial charge in [0.1, 0.15) is 5.78 Å². The highest BCUT2D eigenvalue weighted by Crippen LogP contribution is 2.39. The van der Waals surface area contributed by atoms with Crippen LogP contribution in [0.5, 0.6) is 0 Å². The predicted octanol–water partition coefficient (Wildman–Crippen LogP) is 4.01. The third-order valence-electron chi connectivity index (χ3n) is 5.54. The molecule has 0 aromatic heterocycles. The molecule has 0 aliphatic heterocycles. The van der Waals surface area contributed by atoms with E-state index in [1.807, 2.05) is 0 Å². The number of hydrogen-bond donors (Lipinski definition) is 1. The molecule has 1 aliphatic carbocycles. The normalized spacial score (nSPS) is 26.2. The van der Waals surface area contributed by atoms with Gasteiger partial charge in [0, 0.05) is 19.4 Å². The molecule has 1 saturated carbocycles. The van der Waals surface area contributed by atoms with Crippen LogP contribution >= 0.6 is 0 Å². The van der Waals surface area contributed by atoms with E-state index in [1.165, 1.54) is 0 Å². The highest BCUT2D eigenvalue weighted by Gasteiger charge is 2.40. The van der Waals surface area contributed by atoms with Gasteiger partial charge in [0.05, 0.1) is 6.10 Å². The second-order valence-electron chi connectivity index (χ2n) is 8.49. The monoisotopic (exact) mass is 314 g/mol. The van der Waals surface area contributed by atoms with Gasteiger partial charge in [0.15, 0.2) is 8.32 Å². The summed E-state index contributed by atoms with van der Waals surface area (Å²) in [7, 11) is -1.76. The second-order valence-corrected chi connectivity index (χ2v) is 13.3. The second kappa shape index (κ2) is 6.92. The summed E-state index contributed by atoms with van der Waals surface area (Å²) in [4.78, 5) is 11.5. The van der Waals surface area contributed by atoms with Crippen LogP contribution in [-0.4, -0.2) is 31.9 Å². The van der Waals surface area contributed by atoms with Crippen LogP contribution in [0.2, 0.25) is 18.1 Å². The molecular formula is C17H34O3Si. The Hall–Kier alpha value is -0.193. The van der Waals surface area contributed by atoms with Crippen molar-refractivity contribution in [3.63, 3.8) is 0 Å². The van der Waals surface area contributed by atoms with E-state index in [4.69, 9.17) is 4.43 Å². The highest BCUT2D eigenvalue weighted by molar-refractivity contribution is 6.74. The zero-order valence-corrected chi connectivity index (χ0v) is 15.9. The minimum absolute atomic E-state index is 0.201. The van der Waals surface area contributed by atoms with Crippen molar-refractivity contribution in [2.45, 2.75) is 78.1 Å². The maximum Gasteiger partial charge on any atom is 0.191 e. The highest BCUT2D eigenvalue weighted by atomic mass is 28.4. The van der Waals surface area contributed by atoms with E-state index in [0.29, 0.717) is 31.3 Å². The Morgan fingerprint density at radius 2 is 1.90 bits per heavy atom. The largest absolute Gasteiger partial charge is 0.417 e. The molecule has 1 N–H and O–H groups in total. The summed E-state index contributed by atoms with van der Waals surface area (Å²) in [6.07, 6.45) is 1.27. The number of ketones is 1. The standard InChI is InChI=1S/C17H34O3Si/c1-12(2)15(11-20-21(6,7)17(3,4)5)14-9-8-13(18)10-16(14)19/h12,14-16,19H,8-11H2,1-7H3/t14-,15-,16-/m0/s1. The molecule has 0 aromatic carbocycles. The minimum atomic E-state index is -1.76. The predicted molar refractivity (Wildman–Crippen MR) is 89.8 cm³/mol. The number of aliphatic hydroxyl groups is 1. The molecule has 0 radical (unpaired) electrons. The Balaban J connectivity index is 2.73. The molecule has 0 unspecified atom stereocenters. The first kappa shape index (κ1) is 18.9. The van der Waals surface area contributed by atoms with E-state index in [9.17, 15) is 9.90 Å². The Morgan fingerprint density at radius 1 is 1.33 bits per heavy atom. The molecule has 0 heterocycles. The zero-order chi connectivity index (χ0) is 16.4. The first-order valence-corrected chi connectivity index (χ1v) is 11.2. The van der Waals surface area contributed by atoms with E-state index in [0.717, 1.165) is 6.42 Å². The van der Waals surface area contributed by atoms with Crippen molar-refractivity contribution in [1.82, 2.24) is 0 Å². The topological polar surface area (TPSA) is 46.5 Å². The summed E-state index contributed by atoms with van der Waals surface area (Å²) < 4.78 is 6.39. The van der Waals surface area contributed by atoms with E-state index >= 15 is 0 Å². The van der Waals surface area contributed by atoms with E-state index in [2.05, 4.69) is 47.7 Å². The average molecular weight is 315 g/mol. The fraction of sp³-hybridized carbons (Fsp3) is 0.941. The minimum Gasteiger partial charge on any atom is -0.417 e. The van der Waals surface area contributed by atoms with Crippen LogP contribution in [-0.2, 0) is 9.22 Å². The molecule has 0 amide bonds. The van der Waals surface area contributed by atoms with Crippen molar-refractivity contribution in [3.05, 3.63) is 0 Å². The maximum absolute atomic E-state index is 11.5. The van der Waals surface area contributed by atoms with Crippen molar-refractivity contribution in [2.75, 3.05) is 6.61 Å². The van der Waals surface area contributed by atoms with Gasteiger partial charge in [0.2, 0.25) is 0 Å². The molecule has 0 aromatic rings. The van der Waals surface area contributed by atoms with Crippen molar-refractivity contribution in [2.24, 2.45) is 17.8 Å². The van der Waals surface area contributed by atoms with Crippen LogP contribution in [0.25, 0.3) is 0 Å². The number of Topliss-reactive ketones (excluding diaryl/α,β-unsaturated/α-hetero) is 1. The average Bonchev–Trinajstić information content (AvgIpc) is 2.29. The SMILES string of the molecule is CC(C)[C@H](CO[Si](C)(C)C(C)(C)C)[C@@H]1CCC(=O)C[C@@H]1O. The molecule has 4 heteroatoms. The summed E-state index contributed by atoms with van der Waals surface area (Å²) in [5.74, 6) is 1.20. The van der Waals surface area contributed by atoms with Gasteiger partial charge in [0.25, 0.3) is 0 Å². The molecule has 3 nitrogen and oxygen atoms in total. The lowest BCUT2D eigenvalue weighted by Crippen LogP contribution is -2.45. The van der Waals surface area contributed by atoms with Gasteiger partial charge >= 0.3 is 0 Å². The lowest BCUT2D eigenvalue weighted by molar-refractivity contribution is -0.126. The number of rotatable bonds is 5. The van der Waals surface area contributed by atoms with Crippen molar-refractivity contribution < 1.29 is 14.3 Å². The van der Waals surface area contributed by atoms with E-state index in [-0.39, 0.29) is 16.7 Å². The molecule has 0 spiro atoms. The van der Waals surface area contributed by atoms with Gasteiger partial charge in [-0.05, 0) is 42.3 Å². The molecule has 1 rings (SSSR count). The van der Waals surface area contributed by atoms with Crippen LogP contribution in [0.1, 0.15) is 53.9 Å². The Kier molecular flexibility index (Phi) is 6.22. The summed E-state index contributed by atoms with van der Waals surface area (Å²) in [5, 5.41) is 10.5. The van der Waals surface area contributed by atoms with E-state index in [1.54, 1.807) is 0 Å². The molecule has 1 aliphatic rings. The van der Waals surface area contributed by atoms with Crippen molar-refractivity contribution >= 4 is 14.1 Å². The lowest BCUT2D eigenvalue weighted by Gasteiger charge is -2.41. The van der Waals surface area contributed by atoms with Gasteiger partial charge in [-0.1, -0.05) is 34.6 Å². The van der Waals surface area contributed by atoms with Gasteiger partial charge in [-0.2, -0.15) is 0 Å². The van der Waals surface area contributed by atoms with Crippen LogP contribution < -0.4 is 0 Å². The first-order valence-electron chi connectivity index (χ1n) is 8.29. The number of hydrogen-bond acceptors (Lipinski definition) is 3. The summed E-state index contributed by atoms with van der Waals surface area (Å²) >= 11 is 0. The van der Waals surface area contributed by atoms with Crippen molar-refractivity contribution in [3.8, 4) is 0 Å². The third-order valence-corrected chi connectivity index (χ3v) is 10.0. The first-order chi connectivity index (χ1) is 9.45. The number of carbonyl (C=O) groups excluding carboxylic acids is 1. The van der Waals surface area contributed by atoms with Crippen LogP contribution in [0.4, 0.5) is 0 Å². The van der Waals surface area contributed by atoms with E-state index < -0.39 is 14.4 Å². The molecule has 0 bridgehead atoms. The van der Waals surface area contributed by atoms with Crippen LogP contribution in [0.15, 0.2) is 0 Å². The summed E-state index contributed by atoms with van der Waals surface area (Å²) in [5.41, 5.74) is 0. The molecule has 3 atom stereocenters. The van der Waals surface area contributed by atoms with Gasteiger partial charge in [-0.3, -0.25) is 4.79 Å². The fourth-order valence-corrected chi connectivity index (χ4v) is 3.88. The Bertz CT molecular complexity index is 358. The Labute approximate surface area is 131 Å². The summed E-state index contributed by atoms with van der Waals surface area (Å²) in [6, 6.07) is 0. The molecular weight excluding hydrogens is 280 g/mol. The smallest absolute Gasteiger partial charge is 0.191 e. The summed E-state index contributed by atoms with van der Waals surface area (Å²) in [6.45, 7) is 16.4. The van der Waals surface area contributed by atoms with Gasteiger partial charge in [-0.25, -0.2) is 0 Å². The zero-order valence-electron chi connectivity index (χ0n) is 14.9. The lowest BCUT2D eigenvalue weighted by atomic mass is 9.73. The van der Waals surface area contributed by atoms with Crippen LogP contribution in [0, 0.1) is 17.8 Å². The maximum atomic E-state index is 11.5. The molecule has 1 fully saturated rings. The molecule has 21 heavy (non-hydrogen) atoms. The van der Waals surface area contributed by atoms with Gasteiger partial charge in [-0.15, -0.1) is 0 Å².